The van der Waals surface area contributed by atoms with E-state index in [9.17, 15) is 21.6 Å². The van der Waals surface area contributed by atoms with Crippen LogP contribution in [0.25, 0.3) is 10.1 Å². The minimum Gasteiger partial charge on any atom is -0.406 e. The van der Waals surface area contributed by atoms with E-state index >= 15 is 0 Å². The van der Waals surface area contributed by atoms with Crippen molar-refractivity contribution in [2.75, 3.05) is 29.7 Å². The summed E-state index contributed by atoms with van der Waals surface area (Å²) < 4.78 is 77.1. The molecule has 1 fully saturated rings. The molecule has 0 radical (unpaired) electrons. The highest BCUT2D eigenvalue weighted by Crippen LogP contribution is 2.39. The second-order valence-electron chi connectivity index (χ2n) is 9.06. The highest BCUT2D eigenvalue weighted by Gasteiger charge is 2.32. The van der Waals surface area contributed by atoms with Gasteiger partial charge in [0.1, 0.15) is 10.8 Å². The fourth-order valence-electron chi connectivity index (χ4n) is 4.48. The molecule has 1 saturated heterocycles. The quantitative estimate of drug-likeness (QED) is 0.373. The van der Waals surface area contributed by atoms with Gasteiger partial charge in [-0.05, 0) is 55.5 Å². The summed E-state index contributed by atoms with van der Waals surface area (Å²) in [7, 11) is -3.77. The number of thiophene rings is 1. The Morgan fingerprint density at radius 1 is 1.08 bits per heavy atom. The van der Waals surface area contributed by atoms with Crippen molar-refractivity contribution in [2.45, 2.75) is 45.9 Å². The molecule has 0 bridgehead atoms. The van der Waals surface area contributed by atoms with E-state index in [1.54, 1.807) is 0 Å². The number of rotatable bonds is 8. The third kappa shape index (κ3) is 6.50. The predicted molar refractivity (Wildman–Crippen MR) is 136 cm³/mol. The molecule has 3 aromatic rings. The molecule has 2 unspecified atom stereocenters. The zero-order valence-corrected chi connectivity index (χ0v) is 21.9. The molecule has 0 N–H and O–H groups in total. The Bertz CT molecular complexity index is 1280. The Labute approximate surface area is 213 Å². The van der Waals surface area contributed by atoms with Gasteiger partial charge in [-0.2, -0.15) is 0 Å². The van der Waals surface area contributed by atoms with Crippen LogP contribution in [0.5, 0.6) is 5.75 Å². The molecule has 196 valence electrons. The first-order chi connectivity index (χ1) is 16.9. The molecule has 1 aromatic heterocycles. The monoisotopic (exact) mass is 542 g/mol. The van der Waals surface area contributed by atoms with E-state index in [0.717, 1.165) is 15.6 Å². The van der Waals surface area contributed by atoms with Crippen molar-refractivity contribution in [1.29, 1.82) is 0 Å². The summed E-state index contributed by atoms with van der Waals surface area (Å²) in [6, 6.07) is 13.0. The van der Waals surface area contributed by atoms with E-state index < -0.39 is 16.4 Å². The van der Waals surface area contributed by atoms with E-state index in [1.807, 2.05) is 45.0 Å². The normalized spacial score (nSPS) is 19.5. The fraction of sp³-hybridized carbons (Fsp3) is 0.440. The smallest absolute Gasteiger partial charge is 0.406 e. The molecule has 0 amide bonds. The van der Waals surface area contributed by atoms with Crippen molar-refractivity contribution in [3.63, 3.8) is 0 Å². The van der Waals surface area contributed by atoms with Crippen LogP contribution < -0.4 is 9.04 Å². The van der Waals surface area contributed by atoms with Gasteiger partial charge in [0.05, 0.1) is 24.5 Å². The van der Waals surface area contributed by atoms with Crippen molar-refractivity contribution in [1.82, 2.24) is 4.90 Å². The lowest BCUT2D eigenvalue weighted by Gasteiger charge is -2.35. The Kier molecular flexibility index (Phi) is 7.84. The number of morpholine rings is 1. The summed E-state index contributed by atoms with van der Waals surface area (Å²) in [5.74, 6) is -0.440. The molecule has 36 heavy (non-hydrogen) atoms. The van der Waals surface area contributed by atoms with Crippen molar-refractivity contribution >= 4 is 36.4 Å². The van der Waals surface area contributed by atoms with Crippen LogP contribution in [-0.2, 0) is 21.3 Å². The molecule has 2 atom stereocenters. The largest absolute Gasteiger partial charge is 0.573 e. The minimum atomic E-state index is -4.79. The van der Waals surface area contributed by atoms with Gasteiger partial charge in [-0.1, -0.05) is 30.3 Å². The first-order valence-corrected chi connectivity index (χ1v) is 14.0. The van der Waals surface area contributed by atoms with Gasteiger partial charge in [-0.25, -0.2) is 8.42 Å². The van der Waals surface area contributed by atoms with Crippen LogP contribution >= 0.6 is 11.3 Å². The maximum atomic E-state index is 13.7. The zero-order chi connectivity index (χ0) is 26.1. The Hall–Kier alpha value is -2.34. The lowest BCUT2D eigenvalue weighted by Crippen LogP contribution is -2.47. The SMILES string of the molecule is Cc1c(N(Cc2ccc(OC(F)(F)F)cc2)S(=O)(=O)CCN2CC(C)OC(C)C2)sc2ccccc12. The van der Waals surface area contributed by atoms with Gasteiger partial charge >= 0.3 is 6.36 Å². The lowest BCUT2D eigenvalue weighted by molar-refractivity contribution is -0.274. The van der Waals surface area contributed by atoms with E-state index in [4.69, 9.17) is 4.74 Å². The van der Waals surface area contributed by atoms with Crippen LogP contribution in [0.3, 0.4) is 0 Å². The fourth-order valence-corrected chi connectivity index (χ4v) is 7.49. The molecule has 0 saturated carbocycles. The van der Waals surface area contributed by atoms with Crippen LogP contribution in [0.15, 0.2) is 48.5 Å². The maximum Gasteiger partial charge on any atom is 0.573 e. The molecule has 0 spiro atoms. The standard InChI is InChI=1S/C25H29F3N2O4S2/c1-17-14-29(15-18(2)33-17)12-13-36(31,32)30(24-19(3)22-6-4-5-7-23(22)35-24)16-20-8-10-21(11-9-20)34-25(26,27)28/h4-11,17-18H,12-16H2,1-3H3. The van der Waals surface area contributed by atoms with E-state index in [1.165, 1.54) is 39.9 Å². The number of hydrogen-bond acceptors (Lipinski definition) is 6. The van der Waals surface area contributed by atoms with Gasteiger partial charge in [0.2, 0.25) is 10.0 Å². The molecular formula is C25H29F3N2O4S2. The van der Waals surface area contributed by atoms with Crippen LogP contribution in [0, 0.1) is 6.92 Å². The Morgan fingerprint density at radius 3 is 2.33 bits per heavy atom. The molecule has 2 aromatic carbocycles. The third-order valence-corrected chi connectivity index (χ3v) is 9.12. The average molecular weight is 543 g/mol. The maximum absolute atomic E-state index is 13.7. The second-order valence-corrected chi connectivity index (χ2v) is 12.1. The summed E-state index contributed by atoms with van der Waals surface area (Å²) in [5.41, 5.74) is 1.41. The van der Waals surface area contributed by atoms with Crippen LogP contribution in [0.2, 0.25) is 0 Å². The van der Waals surface area contributed by atoms with Crippen LogP contribution in [0.4, 0.5) is 18.2 Å². The number of anilines is 1. The van der Waals surface area contributed by atoms with Gasteiger partial charge in [0.25, 0.3) is 0 Å². The van der Waals surface area contributed by atoms with E-state index in [-0.39, 0.29) is 30.3 Å². The topological polar surface area (TPSA) is 59.1 Å². The number of ether oxygens (including phenoxy) is 2. The number of fused-ring (bicyclic) bond motifs is 1. The first-order valence-electron chi connectivity index (χ1n) is 11.6. The van der Waals surface area contributed by atoms with Gasteiger partial charge in [-0.3, -0.25) is 9.21 Å². The number of nitrogens with zero attached hydrogens (tertiary/aromatic N) is 2. The van der Waals surface area contributed by atoms with Crippen molar-refractivity contribution < 1.29 is 31.1 Å². The molecule has 4 rings (SSSR count). The number of aryl methyl sites for hydroxylation is 1. The number of benzene rings is 2. The highest BCUT2D eigenvalue weighted by molar-refractivity contribution is 7.93. The van der Waals surface area contributed by atoms with Gasteiger partial charge in [-0.15, -0.1) is 24.5 Å². The van der Waals surface area contributed by atoms with Crippen molar-refractivity contribution in [3.8, 4) is 5.75 Å². The van der Waals surface area contributed by atoms with E-state index in [0.29, 0.717) is 30.2 Å². The predicted octanol–water partition coefficient (Wildman–Crippen LogP) is 5.55. The van der Waals surface area contributed by atoms with Gasteiger partial charge < -0.3 is 9.47 Å². The molecule has 6 nitrogen and oxygen atoms in total. The number of alkyl halides is 3. The molecule has 1 aliphatic heterocycles. The summed E-state index contributed by atoms with van der Waals surface area (Å²) >= 11 is 1.39. The summed E-state index contributed by atoms with van der Waals surface area (Å²) in [5, 5.41) is 1.58. The number of halogens is 3. The second kappa shape index (κ2) is 10.6. The summed E-state index contributed by atoms with van der Waals surface area (Å²) in [4.78, 5) is 2.09. The zero-order valence-electron chi connectivity index (χ0n) is 20.3. The Morgan fingerprint density at radius 2 is 1.72 bits per heavy atom. The molecule has 0 aliphatic carbocycles. The highest BCUT2D eigenvalue weighted by atomic mass is 32.2. The van der Waals surface area contributed by atoms with Crippen LogP contribution in [-0.4, -0.2) is 57.3 Å². The first kappa shape index (κ1) is 26.7. The molecular weight excluding hydrogens is 513 g/mol. The summed E-state index contributed by atoms with van der Waals surface area (Å²) in [6.07, 6.45) is -4.75. The van der Waals surface area contributed by atoms with Gasteiger partial charge in [0.15, 0.2) is 0 Å². The molecule has 1 aliphatic rings. The minimum absolute atomic E-state index is 0.00178. The summed E-state index contributed by atoms with van der Waals surface area (Å²) in [6.45, 7) is 7.50. The lowest BCUT2D eigenvalue weighted by atomic mass is 10.2. The van der Waals surface area contributed by atoms with Crippen LogP contribution in [0.1, 0.15) is 25.0 Å². The average Bonchev–Trinajstić information content (AvgIpc) is 3.12. The van der Waals surface area contributed by atoms with Crippen molar-refractivity contribution in [2.24, 2.45) is 0 Å². The van der Waals surface area contributed by atoms with Crippen molar-refractivity contribution in [3.05, 3.63) is 59.7 Å². The molecule has 2 heterocycles. The third-order valence-electron chi connectivity index (χ3n) is 6.02. The van der Waals surface area contributed by atoms with Gasteiger partial charge in [0, 0.05) is 24.3 Å². The number of hydrogen-bond donors (Lipinski definition) is 0. The Balaban J connectivity index is 1.62. The number of sulfonamides is 1. The van der Waals surface area contributed by atoms with E-state index in [2.05, 4.69) is 9.64 Å². The molecule has 11 heteroatoms.